The molecule has 1 heterocycles. The van der Waals surface area contributed by atoms with Gasteiger partial charge in [-0.25, -0.2) is 4.98 Å². The molecule has 1 aromatic heterocycles. The highest BCUT2D eigenvalue weighted by Crippen LogP contribution is 2.37. The lowest BCUT2D eigenvalue weighted by molar-refractivity contribution is -0.275. The summed E-state index contributed by atoms with van der Waals surface area (Å²) in [6, 6.07) is 0.0839. The molecular formula is C9H4F6INO3. The van der Waals surface area contributed by atoms with E-state index in [2.05, 4.69) is 9.72 Å². The molecule has 0 spiro atoms. The summed E-state index contributed by atoms with van der Waals surface area (Å²) >= 11 is 1.15. The maximum Gasteiger partial charge on any atom is 0.573 e. The SMILES string of the molecule is O=C(O)Cc1nc(I)c(C(F)(F)F)cc1OC(F)(F)F. The highest BCUT2D eigenvalue weighted by atomic mass is 127. The second-order valence-electron chi connectivity index (χ2n) is 3.39. The summed E-state index contributed by atoms with van der Waals surface area (Å²) in [5, 5.41) is 8.51. The minimum Gasteiger partial charge on any atom is -0.481 e. The molecule has 1 aromatic rings. The minimum atomic E-state index is -5.26. The smallest absolute Gasteiger partial charge is 0.481 e. The Labute approximate surface area is 120 Å². The summed E-state index contributed by atoms with van der Waals surface area (Å²) in [6.07, 6.45) is -11.2. The molecule has 0 aromatic carbocycles. The number of hydrogen-bond acceptors (Lipinski definition) is 3. The first-order chi connectivity index (χ1) is 8.90. The maximum absolute atomic E-state index is 12.6. The number of carbonyl (C=O) groups is 1. The summed E-state index contributed by atoms with van der Waals surface area (Å²) < 4.78 is 76.7. The Morgan fingerprint density at radius 3 is 2.25 bits per heavy atom. The van der Waals surface area contributed by atoms with Crippen molar-refractivity contribution in [1.29, 1.82) is 0 Å². The van der Waals surface area contributed by atoms with Crippen molar-refractivity contribution < 1.29 is 41.0 Å². The van der Waals surface area contributed by atoms with E-state index in [1.54, 1.807) is 0 Å². The third kappa shape index (κ3) is 4.68. The summed E-state index contributed by atoms with van der Waals surface area (Å²) in [5.74, 6) is -2.84. The molecule has 0 saturated heterocycles. The third-order valence-corrected chi connectivity index (χ3v) is 2.69. The molecule has 20 heavy (non-hydrogen) atoms. The lowest BCUT2D eigenvalue weighted by Gasteiger charge is -2.15. The van der Waals surface area contributed by atoms with Crippen LogP contribution in [0.15, 0.2) is 6.07 Å². The topological polar surface area (TPSA) is 59.4 Å². The number of rotatable bonds is 3. The molecule has 112 valence electrons. The molecule has 0 fully saturated rings. The van der Waals surface area contributed by atoms with Crippen LogP contribution in [0.2, 0.25) is 0 Å². The first kappa shape index (κ1) is 16.8. The fraction of sp³-hybridized carbons (Fsp3) is 0.333. The molecule has 0 aliphatic carbocycles. The van der Waals surface area contributed by atoms with Crippen molar-refractivity contribution in [3.63, 3.8) is 0 Å². The van der Waals surface area contributed by atoms with Crippen molar-refractivity contribution in [2.45, 2.75) is 19.0 Å². The van der Waals surface area contributed by atoms with Crippen molar-refractivity contribution in [3.05, 3.63) is 21.0 Å². The summed E-state index contributed by atoms with van der Waals surface area (Å²) in [4.78, 5) is 13.7. The largest absolute Gasteiger partial charge is 0.573 e. The molecule has 4 nitrogen and oxygen atoms in total. The van der Waals surface area contributed by atoms with Crippen molar-refractivity contribution in [2.75, 3.05) is 0 Å². The van der Waals surface area contributed by atoms with E-state index in [-0.39, 0.29) is 6.07 Å². The molecule has 0 aliphatic rings. The van der Waals surface area contributed by atoms with Gasteiger partial charge in [0.1, 0.15) is 3.70 Å². The lowest BCUT2D eigenvalue weighted by atomic mass is 10.2. The lowest BCUT2D eigenvalue weighted by Crippen LogP contribution is -2.21. The van der Waals surface area contributed by atoms with Gasteiger partial charge in [0, 0.05) is 0 Å². The first-order valence-corrected chi connectivity index (χ1v) is 5.72. The molecule has 0 unspecified atom stereocenters. The van der Waals surface area contributed by atoms with Gasteiger partial charge in [0.05, 0.1) is 17.7 Å². The van der Waals surface area contributed by atoms with Crippen LogP contribution in [0.3, 0.4) is 0 Å². The molecule has 11 heteroatoms. The fourth-order valence-electron chi connectivity index (χ4n) is 1.19. The maximum atomic E-state index is 12.6. The van der Waals surface area contributed by atoms with Gasteiger partial charge in [0.25, 0.3) is 0 Å². The van der Waals surface area contributed by atoms with E-state index in [1.165, 1.54) is 0 Å². The quantitative estimate of drug-likeness (QED) is 0.468. The summed E-state index contributed by atoms with van der Waals surface area (Å²) in [7, 11) is 0. The van der Waals surface area contributed by atoms with Crippen LogP contribution in [0, 0.1) is 3.70 Å². The van der Waals surface area contributed by atoms with Gasteiger partial charge in [-0.2, -0.15) is 13.2 Å². The van der Waals surface area contributed by atoms with Crippen LogP contribution in [-0.4, -0.2) is 22.4 Å². The van der Waals surface area contributed by atoms with Crippen molar-refractivity contribution >= 4 is 28.6 Å². The van der Waals surface area contributed by atoms with Crippen LogP contribution in [0.1, 0.15) is 11.3 Å². The van der Waals surface area contributed by atoms with Gasteiger partial charge in [-0.15, -0.1) is 13.2 Å². The van der Waals surface area contributed by atoms with Crippen LogP contribution in [-0.2, 0) is 17.4 Å². The van der Waals surface area contributed by atoms with Gasteiger partial charge in [0.2, 0.25) is 0 Å². The van der Waals surface area contributed by atoms with Gasteiger partial charge < -0.3 is 9.84 Å². The van der Waals surface area contributed by atoms with Gasteiger partial charge in [-0.1, -0.05) is 0 Å². The van der Waals surface area contributed by atoms with Gasteiger partial charge in [-0.3, -0.25) is 4.79 Å². The zero-order valence-electron chi connectivity index (χ0n) is 9.14. The van der Waals surface area contributed by atoms with Crippen LogP contribution < -0.4 is 4.74 Å². The fourth-order valence-corrected chi connectivity index (χ4v) is 1.94. The van der Waals surface area contributed by atoms with Crippen LogP contribution >= 0.6 is 22.6 Å². The Hall–Kier alpha value is -1.27. The number of carboxylic acids is 1. The van der Waals surface area contributed by atoms with E-state index < -0.39 is 45.6 Å². The number of halogens is 7. The Morgan fingerprint density at radius 1 is 1.30 bits per heavy atom. The van der Waals surface area contributed by atoms with Crippen molar-refractivity contribution in [1.82, 2.24) is 4.98 Å². The molecule has 0 bridgehead atoms. The normalized spacial score (nSPS) is 12.3. The average Bonchev–Trinajstić information content (AvgIpc) is 2.17. The molecule has 0 amide bonds. The Morgan fingerprint density at radius 2 is 1.85 bits per heavy atom. The predicted octanol–water partition coefficient (Wildman–Crippen LogP) is 3.23. The zero-order chi connectivity index (χ0) is 15.7. The number of alkyl halides is 6. The van der Waals surface area contributed by atoms with E-state index in [0.717, 1.165) is 22.6 Å². The van der Waals surface area contributed by atoms with E-state index >= 15 is 0 Å². The molecule has 0 radical (unpaired) electrons. The van der Waals surface area contributed by atoms with E-state index in [0.29, 0.717) is 0 Å². The van der Waals surface area contributed by atoms with E-state index in [4.69, 9.17) is 5.11 Å². The van der Waals surface area contributed by atoms with Gasteiger partial charge >= 0.3 is 18.5 Å². The van der Waals surface area contributed by atoms with Crippen molar-refractivity contribution in [3.8, 4) is 5.75 Å². The van der Waals surface area contributed by atoms with E-state index in [1.807, 2.05) is 0 Å². The second kappa shape index (κ2) is 5.61. The standard InChI is InChI=1S/C9H4F6INO3/c10-8(11,12)3-1-5(20-9(13,14)15)4(2-6(18)19)17-7(3)16/h1H,2H2,(H,18,19). The first-order valence-electron chi connectivity index (χ1n) is 4.64. The summed E-state index contributed by atoms with van der Waals surface area (Å²) in [6.45, 7) is 0. The van der Waals surface area contributed by atoms with Crippen LogP contribution in [0.4, 0.5) is 26.3 Å². The average molecular weight is 415 g/mol. The molecule has 1 N–H and O–H groups in total. The monoisotopic (exact) mass is 415 g/mol. The Bertz CT molecular complexity index is 528. The van der Waals surface area contributed by atoms with Crippen LogP contribution in [0.25, 0.3) is 0 Å². The molecule has 0 aliphatic heterocycles. The zero-order valence-corrected chi connectivity index (χ0v) is 11.3. The number of aromatic nitrogens is 1. The minimum absolute atomic E-state index is 0.0839. The highest BCUT2D eigenvalue weighted by molar-refractivity contribution is 14.1. The number of pyridine rings is 1. The number of hydrogen-bond donors (Lipinski definition) is 1. The molecule has 1 rings (SSSR count). The highest BCUT2D eigenvalue weighted by Gasteiger charge is 2.38. The number of ether oxygens (including phenoxy) is 1. The van der Waals surface area contributed by atoms with Crippen molar-refractivity contribution in [2.24, 2.45) is 0 Å². The third-order valence-electron chi connectivity index (χ3n) is 1.86. The van der Waals surface area contributed by atoms with Gasteiger partial charge in [-0.05, 0) is 28.7 Å². The predicted molar refractivity (Wildman–Crippen MR) is 60.0 cm³/mol. The number of aliphatic carboxylic acids is 1. The number of nitrogens with zero attached hydrogens (tertiary/aromatic N) is 1. The summed E-state index contributed by atoms with van der Waals surface area (Å²) in [5.41, 5.74) is -2.18. The Balaban J connectivity index is 3.37. The second-order valence-corrected chi connectivity index (χ2v) is 4.41. The van der Waals surface area contributed by atoms with Gasteiger partial charge in [0.15, 0.2) is 5.75 Å². The molecule has 0 saturated carbocycles. The van der Waals surface area contributed by atoms with Crippen LogP contribution in [0.5, 0.6) is 5.75 Å². The molecular weight excluding hydrogens is 411 g/mol. The Kier molecular flexibility index (Phi) is 4.71. The number of carboxylic acid groups (broad SMARTS) is 1. The molecule has 0 atom stereocenters. The van der Waals surface area contributed by atoms with E-state index in [9.17, 15) is 31.1 Å².